The van der Waals surface area contributed by atoms with Crippen molar-refractivity contribution in [2.24, 2.45) is 0 Å². The summed E-state index contributed by atoms with van der Waals surface area (Å²) >= 11 is 0. The van der Waals surface area contributed by atoms with Crippen LogP contribution in [0.25, 0.3) is 17.1 Å². The SMILES string of the molecule is CN(C)c1ncccc1C(=O)Nc1ccc(-n2nc(-c3cccnc3)cc2C(F)(F)F)nc1. The van der Waals surface area contributed by atoms with E-state index >= 15 is 0 Å². The molecule has 0 aliphatic carbocycles. The molecule has 1 N–H and O–H groups in total. The van der Waals surface area contributed by atoms with E-state index in [1.165, 1.54) is 30.7 Å². The van der Waals surface area contributed by atoms with Crippen molar-refractivity contribution >= 4 is 17.4 Å². The van der Waals surface area contributed by atoms with E-state index < -0.39 is 17.8 Å². The van der Waals surface area contributed by atoms with Crippen LogP contribution in [0.3, 0.4) is 0 Å². The molecule has 168 valence electrons. The van der Waals surface area contributed by atoms with Crippen LogP contribution in [-0.4, -0.2) is 44.7 Å². The molecule has 0 atom stereocenters. The highest BCUT2D eigenvalue weighted by atomic mass is 19.4. The minimum Gasteiger partial charge on any atom is -0.362 e. The van der Waals surface area contributed by atoms with E-state index in [1.54, 1.807) is 49.5 Å². The maximum Gasteiger partial charge on any atom is 0.433 e. The molecule has 0 saturated heterocycles. The fourth-order valence-corrected chi connectivity index (χ4v) is 3.13. The van der Waals surface area contributed by atoms with Gasteiger partial charge >= 0.3 is 6.18 Å². The van der Waals surface area contributed by atoms with Gasteiger partial charge in [0.2, 0.25) is 0 Å². The second-order valence-corrected chi connectivity index (χ2v) is 7.19. The number of carbonyl (C=O) groups is 1. The third-order valence-corrected chi connectivity index (χ3v) is 4.63. The Morgan fingerprint density at radius 2 is 1.82 bits per heavy atom. The van der Waals surface area contributed by atoms with Gasteiger partial charge in [0.1, 0.15) is 5.82 Å². The number of halogens is 3. The molecule has 0 aromatic carbocycles. The Labute approximate surface area is 186 Å². The van der Waals surface area contributed by atoms with Gasteiger partial charge in [-0.1, -0.05) is 0 Å². The molecule has 8 nitrogen and oxygen atoms in total. The van der Waals surface area contributed by atoms with E-state index in [4.69, 9.17) is 0 Å². The molecule has 0 bridgehead atoms. The van der Waals surface area contributed by atoms with Gasteiger partial charge in [-0.05, 0) is 42.5 Å². The average molecular weight is 453 g/mol. The Kier molecular flexibility index (Phi) is 5.78. The highest BCUT2D eigenvalue weighted by molar-refractivity contribution is 6.07. The number of pyridine rings is 3. The molecule has 4 aromatic rings. The van der Waals surface area contributed by atoms with E-state index in [0.29, 0.717) is 22.6 Å². The third-order valence-electron chi connectivity index (χ3n) is 4.63. The molecular formula is C22H18F3N7O. The van der Waals surface area contributed by atoms with Crippen molar-refractivity contribution in [1.29, 1.82) is 0 Å². The summed E-state index contributed by atoms with van der Waals surface area (Å²) in [5.74, 6) is 0.00924. The minimum absolute atomic E-state index is 0.0502. The Bertz CT molecular complexity index is 1270. The molecule has 0 aliphatic rings. The summed E-state index contributed by atoms with van der Waals surface area (Å²) in [6.45, 7) is 0. The Balaban J connectivity index is 1.62. The molecule has 33 heavy (non-hydrogen) atoms. The standard InChI is InChI=1S/C22H18F3N7O/c1-31(2)20-16(6-4-10-27-20)21(33)29-15-7-8-19(28-13-15)32-18(22(23,24)25)11-17(30-32)14-5-3-9-26-12-14/h3-13H,1-2H3,(H,29,33). The zero-order chi connectivity index (χ0) is 23.6. The molecule has 0 unspecified atom stereocenters. The molecule has 0 radical (unpaired) electrons. The summed E-state index contributed by atoms with van der Waals surface area (Å²) in [6.07, 6.45) is 1.14. The van der Waals surface area contributed by atoms with E-state index in [0.717, 1.165) is 10.7 Å². The molecule has 4 heterocycles. The lowest BCUT2D eigenvalue weighted by Gasteiger charge is -2.15. The second-order valence-electron chi connectivity index (χ2n) is 7.19. The number of nitrogens with one attached hydrogen (secondary N) is 1. The van der Waals surface area contributed by atoms with Gasteiger partial charge in [-0.15, -0.1) is 0 Å². The Hall–Kier alpha value is -4.28. The predicted molar refractivity (Wildman–Crippen MR) is 116 cm³/mol. The molecule has 0 spiro atoms. The first-order chi connectivity index (χ1) is 15.7. The van der Waals surface area contributed by atoms with Crippen LogP contribution >= 0.6 is 0 Å². The normalized spacial score (nSPS) is 11.3. The number of hydrogen-bond acceptors (Lipinski definition) is 6. The lowest BCUT2D eigenvalue weighted by atomic mass is 10.2. The minimum atomic E-state index is -4.65. The van der Waals surface area contributed by atoms with Gasteiger partial charge in [-0.3, -0.25) is 9.78 Å². The number of carbonyl (C=O) groups excluding carboxylic acids is 1. The number of rotatable bonds is 5. The molecule has 4 aromatic heterocycles. The van der Waals surface area contributed by atoms with Crippen molar-refractivity contribution in [3.63, 3.8) is 0 Å². The fourth-order valence-electron chi connectivity index (χ4n) is 3.13. The summed E-state index contributed by atoms with van der Waals surface area (Å²) in [5.41, 5.74) is 0.238. The van der Waals surface area contributed by atoms with Gasteiger partial charge in [-0.25, -0.2) is 14.6 Å². The molecule has 0 saturated carbocycles. The van der Waals surface area contributed by atoms with Crippen molar-refractivity contribution in [2.45, 2.75) is 6.18 Å². The summed E-state index contributed by atoms with van der Waals surface area (Å²) in [7, 11) is 3.52. The highest BCUT2D eigenvalue weighted by Crippen LogP contribution is 2.33. The second kappa shape index (κ2) is 8.69. The smallest absolute Gasteiger partial charge is 0.362 e. The van der Waals surface area contributed by atoms with Crippen molar-refractivity contribution in [3.8, 4) is 17.1 Å². The zero-order valence-electron chi connectivity index (χ0n) is 17.6. The van der Waals surface area contributed by atoms with E-state index in [9.17, 15) is 18.0 Å². The molecular weight excluding hydrogens is 435 g/mol. The Morgan fingerprint density at radius 1 is 1.03 bits per heavy atom. The number of nitrogens with zero attached hydrogens (tertiary/aromatic N) is 6. The quantitative estimate of drug-likeness (QED) is 0.490. The summed E-state index contributed by atoms with van der Waals surface area (Å²) < 4.78 is 41.6. The Morgan fingerprint density at radius 3 is 2.45 bits per heavy atom. The van der Waals surface area contributed by atoms with Crippen molar-refractivity contribution in [2.75, 3.05) is 24.3 Å². The topological polar surface area (TPSA) is 88.8 Å². The number of alkyl halides is 3. The monoisotopic (exact) mass is 453 g/mol. The molecule has 0 fully saturated rings. The molecule has 4 rings (SSSR count). The van der Waals surface area contributed by atoms with Crippen LogP contribution < -0.4 is 10.2 Å². The van der Waals surface area contributed by atoms with Crippen LogP contribution in [0.1, 0.15) is 16.1 Å². The van der Waals surface area contributed by atoms with Gasteiger partial charge < -0.3 is 10.2 Å². The van der Waals surface area contributed by atoms with Gasteiger partial charge in [0.15, 0.2) is 11.5 Å². The van der Waals surface area contributed by atoms with Crippen molar-refractivity contribution in [3.05, 3.63) is 78.5 Å². The average Bonchev–Trinajstić information content (AvgIpc) is 3.26. The largest absolute Gasteiger partial charge is 0.433 e. The maximum absolute atomic E-state index is 13.6. The maximum atomic E-state index is 13.6. The van der Waals surface area contributed by atoms with Crippen LogP contribution in [0, 0.1) is 0 Å². The van der Waals surface area contributed by atoms with E-state index in [2.05, 4.69) is 25.4 Å². The number of aromatic nitrogens is 5. The van der Waals surface area contributed by atoms with Crippen molar-refractivity contribution in [1.82, 2.24) is 24.7 Å². The van der Waals surface area contributed by atoms with Gasteiger partial charge in [0, 0.05) is 38.2 Å². The lowest BCUT2D eigenvalue weighted by Crippen LogP contribution is -2.20. The zero-order valence-corrected chi connectivity index (χ0v) is 17.6. The predicted octanol–water partition coefficient (Wildman–Crippen LogP) is 4.06. The summed E-state index contributed by atoms with van der Waals surface area (Å²) in [6, 6.07) is 10.2. The first-order valence-corrected chi connectivity index (χ1v) is 9.72. The first kappa shape index (κ1) is 21.9. The highest BCUT2D eigenvalue weighted by Gasteiger charge is 2.36. The first-order valence-electron chi connectivity index (χ1n) is 9.72. The summed E-state index contributed by atoms with van der Waals surface area (Å²) in [4.78, 5) is 26.5. The molecule has 0 aliphatic heterocycles. The van der Waals surface area contributed by atoms with E-state index in [1.807, 2.05) is 0 Å². The van der Waals surface area contributed by atoms with Crippen LogP contribution in [0.5, 0.6) is 0 Å². The van der Waals surface area contributed by atoms with Crippen LogP contribution in [0.2, 0.25) is 0 Å². The van der Waals surface area contributed by atoms with Gasteiger partial charge in [0.05, 0.1) is 23.1 Å². The molecule has 11 heteroatoms. The van der Waals surface area contributed by atoms with Gasteiger partial charge in [0.25, 0.3) is 5.91 Å². The third kappa shape index (κ3) is 4.66. The molecule has 1 amide bonds. The summed E-state index contributed by atoms with van der Waals surface area (Å²) in [5, 5.41) is 6.76. The number of hydrogen-bond donors (Lipinski definition) is 1. The van der Waals surface area contributed by atoms with Crippen molar-refractivity contribution < 1.29 is 18.0 Å². The fraction of sp³-hybridized carbons (Fsp3) is 0.136. The van der Waals surface area contributed by atoms with Gasteiger partial charge in [-0.2, -0.15) is 18.3 Å². The van der Waals surface area contributed by atoms with Crippen LogP contribution in [0.4, 0.5) is 24.7 Å². The van der Waals surface area contributed by atoms with E-state index in [-0.39, 0.29) is 11.5 Å². The lowest BCUT2D eigenvalue weighted by molar-refractivity contribution is -0.142. The number of anilines is 2. The number of amides is 1. The van der Waals surface area contributed by atoms with Crippen LogP contribution in [-0.2, 0) is 6.18 Å². The van der Waals surface area contributed by atoms with Crippen LogP contribution in [0.15, 0.2) is 67.3 Å².